The third kappa shape index (κ3) is 3.33. The molecule has 0 aliphatic carbocycles. The summed E-state index contributed by atoms with van der Waals surface area (Å²) < 4.78 is 0. The van der Waals surface area contributed by atoms with Gasteiger partial charge in [0.2, 0.25) is 5.91 Å². The van der Waals surface area contributed by atoms with Crippen LogP contribution in [0.4, 0.5) is 0 Å². The van der Waals surface area contributed by atoms with E-state index in [0.717, 1.165) is 25.1 Å². The Bertz CT molecular complexity index is 391. The van der Waals surface area contributed by atoms with Gasteiger partial charge in [-0.2, -0.15) is 0 Å². The number of piperidine rings is 1. The molecule has 0 bridgehead atoms. The lowest BCUT2D eigenvalue weighted by molar-refractivity contribution is -0.133. The van der Waals surface area contributed by atoms with Gasteiger partial charge in [-0.3, -0.25) is 4.79 Å². The highest BCUT2D eigenvalue weighted by atomic mass is 16.2. The molecule has 2 N–H and O–H groups in total. The van der Waals surface area contributed by atoms with Gasteiger partial charge in [0.15, 0.2) is 0 Å². The van der Waals surface area contributed by atoms with E-state index in [1.807, 2.05) is 35.2 Å². The van der Waals surface area contributed by atoms with Crippen LogP contribution in [0.15, 0.2) is 30.3 Å². The first-order valence-electron chi connectivity index (χ1n) is 6.75. The number of rotatable bonds is 3. The van der Waals surface area contributed by atoms with Crippen LogP contribution < -0.4 is 5.73 Å². The Morgan fingerprint density at radius 2 is 2.17 bits per heavy atom. The van der Waals surface area contributed by atoms with Crippen LogP contribution in [0.3, 0.4) is 0 Å². The maximum atomic E-state index is 12.2. The van der Waals surface area contributed by atoms with Crippen molar-refractivity contribution >= 4 is 5.91 Å². The van der Waals surface area contributed by atoms with Gasteiger partial charge in [-0.25, -0.2) is 0 Å². The van der Waals surface area contributed by atoms with Crippen molar-refractivity contribution in [3.63, 3.8) is 0 Å². The summed E-state index contributed by atoms with van der Waals surface area (Å²) >= 11 is 0. The Kier molecular flexibility index (Phi) is 4.37. The van der Waals surface area contributed by atoms with Crippen molar-refractivity contribution in [2.45, 2.75) is 32.2 Å². The second kappa shape index (κ2) is 6.01. The van der Waals surface area contributed by atoms with Crippen LogP contribution in [0.2, 0.25) is 0 Å². The monoisotopic (exact) mass is 246 g/mol. The molecule has 1 aliphatic heterocycles. The van der Waals surface area contributed by atoms with Crippen molar-refractivity contribution in [2.75, 3.05) is 13.1 Å². The van der Waals surface area contributed by atoms with E-state index in [-0.39, 0.29) is 11.9 Å². The molecule has 1 aliphatic rings. The zero-order valence-electron chi connectivity index (χ0n) is 11.0. The lowest BCUT2D eigenvalue weighted by atomic mass is 9.98. The van der Waals surface area contributed by atoms with Gasteiger partial charge in [-0.1, -0.05) is 37.3 Å². The van der Waals surface area contributed by atoms with Crippen LogP contribution >= 0.6 is 0 Å². The van der Waals surface area contributed by atoms with Gasteiger partial charge in [0, 0.05) is 25.6 Å². The minimum absolute atomic E-state index is 0.184. The molecule has 1 heterocycles. The molecule has 3 nitrogen and oxygen atoms in total. The van der Waals surface area contributed by atoms with E-state index in [2.05, 4.69) is 6.92 Å². The van der Waals surface area contributed by atoms with Crippen LogP contribution in [0.5, 0.6) is 0 Å². The number of carbonyl (C=O) groups excluding carboxylic acids is 1. The fourth-order valence-electron chi connectivity index (χ4n) is 2.55. The maximum absolute atomic E-state index is 12.2. The van der Waals surface area contributed by atoms with E-state index >= 15 is 0 Å². The summed E-state index contributed by atoms with van der Waals surface area (Å²) in [6, 6.07) is 9.67. The van der Waals surface area contributed by atoms with E-state index in [1.165, 1.54) is 6.42 Å². The summed E-state index contributed by atoms with van der Waals surface area (Å²) in [4.78, 5) is 14.1. The molecule has 1 amide bonds. The van der Waals surface area contributed by atoms with Crippen molar-refractivity contribution in [3.05, 3.63) is 35.9 Å². The summed E-state index contributed by atoms with van der Waals surface area (Å²) in [5.74, 6) is 0.813. The van der Waals surface area contributed by atoms with Crippen molar-refractivity contribution in [1.29, 1.82) is 0 Å². The number of hydrogen-bond acceptors (Lipinski definition) is 2. The van der Waals surface area contributed by atoms with Crippen molar-refractivity contribution in [2.24, 2.45) is 11.7 Å². The number of likely N-dealkylation sites (tertiary alicyclic amines) is 1. The zero-order chi connectivity index (χ0) is 13.0. The predicted octanol–water partition coefficient (Wildman–Crippen LogP) is 2.34. The van der Waals surface area contributed by atoms with Gasteiger partial charge in [-0.15, -0.1) is 0 Å². The third-order valence-electron chi connectivity index (χ3n) is 3.63. The van der Waals surface area contributed by atoms with Crippen molar-refractivity contribution in [1.82, 2.24) is 4.90 Å². The molecule has 1 saturated heterocycles. The molecule has 1 fully saturated rings. The fourth-order valence-corrected chi connectivity index (χ4v) is 2.55. The zero-order valence-corrected chi connectivity index (χ0v) is 11.0. The topological polar surface area (TPSA) is 46.3 Å². The summed E-state index contributed by atoms with van der Waals surface area (Å²) in [7, 11) is 0. The van der Waals surface area contributed by atoms with Crippen LogP contribution in [0.25, 0.3) is 0 Å². The molecular formula is C15H22N2O. The van der Waals surface area contributed by atoms with Crippen molar-refractivity contribution < 1.29 is 4.79 Å². The molecule has 0 aromatic heterocycles. The van der Waals surface area contributed by atoms with Gasteiger partial charge >= 0.3 is 0 Å². The highest BCUT2D eigenvalue weighted by Gasteiger charge is 2.22. The van der Waals surface area contributed by atoms with E-state index < -0.39 is 0 Å². The molecule has 2 rings (SSSR count). The minimum atomic E-state index is -0.184. The summed E-state index contributed by atoms with van der Waals surface area (Å²) in [6.07, 6.45) is 2.76. The second-order valence-electron chi connectivity index (χ2n) is 5.31. The molecule has 1 unspecified atom stereocenters. The Hall–Kier alpha value is -1.35. The van der Waals surface area contributed by atoms with Gasteiger partial charge < -0.3 is 10.6 Å². The van der Waals surface area contributed by atoms with E-state index in [1.54, 1.807) is 0 Å². The number of carbonyl (C=O) groups is 1. The molecule has 0 spiro atoms. The molecule has 3 heteroatoms. The van der Waals surface area contributed by atoms with Gasteiger partial charge in [0.25, 0.3) is 0 Å². The Morgan fingerprint density at radius 3 is 2.83 bits per heavy atom. The Labute approximate surface area is 109 Å². The number of hydrogen-bond donors (Lipinski definition) is 1. The molecule has 0 radical (unpaired) electrons. The quantitative estimate of drug-likeness (QED) is 0.889. The van der Waals surface area contributed by atoms with Crippen LogP contribution in [0.1, 0.15) is 37.8 Å². The van der Waals surface area contributed by atoms with Crippen molar-refractivity contribution in [3.8, 4) is 0 Å². The molecule has 1 aromatic rings. The normalized spacial score (nSPS) is 21.7. The third-order valence-corrected chi connectivity index (χ3v) is 3.63. The average molecular weight is 246 g/mol. The first-order valence-corrected chi connectivity index (χ1v) is 6.75. The predicted molar refractivity (Wildman–Crippen MR) is 73.0 cm³/mol. The number of nitrogens with two attached hydrogens (primary N) is 1. The second-order valence-corrected chi connectivity index (χ2v) is 5.31. The standard InChI is InChI=1S/C15H22N2O/c1-12-6-5-9-17(11-12)15(18)10-14(16)13-7-3-2-4-8-13/h2-4,7-8,12,14H,5-6,9-11,16H2,1H3/t12-,14?/m0/s1. The van der Waals surface area contributed by atoms with E-state index in [4.69, 9.17) is 5.73 Å². The van der Waals surface area contributed by atoms with E-state index in [0.29, 0.717) is 12.3 Å². The van der Waals surface area contributed by atoms with Gasteiger partial charge in [0.05, 0.1) is 0 Å². The minimum Gasteiger partial charge on any atom is -0.342 e. The highest BCUT2D eigenvalue weighted by molar-refractivity contribution is 5.77. The molecule has 0 saturated carbocycles. The lowest BCUT2D eigenvalue weighted by Crippen LogP contribution is -2.40. The largest absolute Gasteiger partial charge is 0.342 e. The number of nitrogens with zero attached hydrogens (tertiary/aromatic N) is 1. The van der Waals surface area contributed by atoms with E-state index in [9.17, 15) is 4.79 Å². The number of amides is 1. The number of benzene rings is 1. The molecule has 2 atom stereocenters. The highest BCUT2D eigenvalue weighted by Crippen LogP contribution is 2.19. The lowest BCUT2D eigenvalue weighted by Gasteiger charge is -2.31. The first-order chi connectivity index (χ1) is 8.66. The van der Waals surface area contributed by atoms with Gasteiger partial charge in [0.1, 0.15) is 0 Å². The Morgan fingerprint density at radius 1 is 1.44 bits per heavy atom. The Balaban J connectivity index is 1.91. The van der Waals surface area contributed by atoms with Crippen LogP contribution in [-0.4, -0.2) is 23.9 Å². The first kappa shape index (κ1) is 13.1. The van der Waals surface area contributed by atoms with Crippen LogP contribution in [-0.2, 0) is 4.79 Å². The average Bonchev–Trinajstić information content (AvgIpc) is 2.39. The summed E-state index contributed by atoms with van der Waals surface area (Å²) in [5.41, 5.74) is 7.13. The SMILES string of the molecule is C[C@H]1CCCN(C(=O)CC(N)c2ccccc2)C1. The maximum Gasteiger partial charge on any atom is 0.224 e. The molecule has 1 aromatic carbocycles. The van der Waals surface area contributed by atoms with Gasteiger partial charge in [-0.05, 0) is 24.3 Å². The molecular weight excluding hydrogens is 224 g/mol. The fraction of sp³-hybridized carbons (Fsp3) is 0.533. The summed E-state index contributed by atoms with van der Waals surface area (Å²) in [6.45, 7) is 3.99. The van der Waals surface area contributed by atoms with Crippen LogP contribution in [0, 0.1) is 5.92 Å². The molecule has 98 valence electrons. The molecule has 18 heavy (non-hydrogen) atoms. The summed E-state index contributed by atoms with van der Waals surface area (Å²) in [5, 5.41) is 0. The smallest absolute Gasteiger partial charge is 0.224 e.